The van der Waals surface area contributed by atoms with Crippen LogP contribution in [0.15, 0.2) is 54.6 Å². The van der Waals surface area contributed by atoms with Crippen molar-refractivity contribution < 1.29 is 4.79 Å². The molecule has 0 atom stereocenters. The Morgan fingerprint density at radius 2 is 1.75 bits per heavy atom. The van der Waals surface area contributed by atoms with Crippen LogP contribution in [0.4, 0.5) is 11.5 Å². The molecule has 1 N–H and O–H groups in total. The molecule has 0 fully saturated rings. The van der Waals surface area contributed by atoms with Crippen LogP contribution in [0.5, 0.6) is 0 Å². The summed E-state index contributed by atoms with van der Waals surface area (Å²) in [7, 11) is 0. The number of nitrogens with zero attached hydrogens (tertiary/aromatic N) is 3. The Balaban J connectivity index is 1.85. The van der Waals surface area contributed by atoms with Crippen molar-refractivity contribution in [1.29, 1.82) is 0 Å². The Labute approximate surface area is 166 Å². The first-order valence-electron chi connectivity index (χ1n) is 9.50. The van der Waals surface area contributed by atoms with E-state index in [9.17, 15) is 4.79 Å². The van der Waals surface area contributed by atoms with Crippen molar-refractivity contribution >= 4 is 17.4 Å². The molecule has 0 saturated heterocycles. The molecule has 0 aliphatic carbocycles. The van der Waals surface area contributed by atoms with Gasteiger partial charge in [0.1, 0.15) is 17.3 Å². The molecule has 0 spiro atoms. The molecule has 0 saturated carbocycles. The summed E-state index contributed by atoms with van der Waals surface area (Å²) < 4.78 is 0. The van der Waals surface area contributed by atoms with Gasteiger partial charge in [0.2, 0.25) is 0 Å². The monoisotopic (exact) mass is 374 g/mol. The van der Waals surface area contributed by atoms with Crippen LogP contribution in [0.3, 0.4) is 0 Å². The molecular formula is C23H26N4O. The van der Waals surface area contributed by atoms with Gasteiger partial charge in [-0.05, 0) is 50.5 Å². The van der Waals surface area contributed by atoms with Crippen molar-refractivity contribution in [3.05, 3.63) is 82.8 Å². The topological polar surface area (TPSA) is 58.1 Å². The van der Waals surface area contributed by atoms with Crippen LogP contribution in [-0.2, 0) is 6.54 Å². The van der Waals surface area contributed by atoms with Crippen LogP contribution in [0.2, 0.25) is 0 Å². The number of amides is 1. The van der Waals surface area contributed by atoms with E-state index in [2.05, 4.69) is 39.2 Å². The minimum Gasteiger partial charge on any atom is -0.352 e. The van der Waals surface area contributed by atoms with Crippen LogP contribution >= 0.6 is 0 Å². The van der Waals surface area contributed by atoms with Gasteiger partial charge in [0.05, 0.1) is 0 Å². The van der Waals surface area contributed by atoms with Gasteiger partial charge in [0.15, 0.2) is 0 Å². The zero-order valence-electron chi connectivity index (χ0n) is 16.9. The van der Waals surface area contributed by atoms with Gasteiger partial charge < -0.3 is 10.2 Å². The van der Waals surface area contributed by atoms with Crippen LogP contribution in [0.1, 0.15) is 39.9 Å². The van der Waals surface area contributed by atoms with Gasteiger partial charge in [-0.1, -0.05) is 42.5 Å². The Kier molecular flexibility index (Phi) is 6.04. The van der Waals surface area contributed by atoms with Gasteiger partial charge in [-0.25, -0.2) is 9.97 Å². The molecule has 3 rings (SSSR count). The summed E-state index contributed by atoms with van der Waals surface area (Å²) in [6.45, 7) is 9.43. The molecule has 144 valence electrons. The standard InChI is InChI=1S/C23H26N4O/c1-5-27(15-19-11-7-6-8-12-19)22-14-21(24-18(4)25-22)23(28)26-20-13-9-10-16(2)17(20)3/h6-14H,5,15H2,1-4H3,(H,26,28). The third kappa shape index (κ3) is 4.55. The predicted octanol–water partition coefficient (Wildman–Crippen LogP) is 4.68. The Morgan fingerprint density at radius 3 is 2.46 bits per heavy atom. The normalized spacial score (nSPS) is 10.6. The van der Waals surface area contributed by atoms with E-state index in [0.717, 1.165) is 35.7 Å². The quantitative estimate of drug-likeness (QED) is 0.680. The fourth-order valence-electron chi connectivity index (χ4n) is 3.06. The van der Waals surface area contributed by atoms with E-state index in [4.69, 9.17) is 0 Å². The number of aromatic nitrogens is 2. The molecule has 5 nitrogen and oxygen atoms in total. The molecule has 0 aliphatic heterocycles. The summed E-state index contributed by atoms with van der Waals surface area (Å²) in [5, 5.41) is 2.98. The van der Waals surface area contributed by atoms with Gasteiger partial charge in [-0.3, -0.25) is 4.79 Å². The van der Waals surface area contributed by atoms with Crippen molar-refractivity contribution in [3.63, 3.8) is 0 Å². The van der Waals surface area contributed by atoms with Gasteiger partial charge in [0, 0.05) is 24.8 Å². The second kappa shape index (κ2) is 8.65. The van der Waals surface area contributed by atoms with E-state index < -0.39 is 0 Å². The molecule has 28 heavy (non-hydrogen) atoms. The third-order valence-corrected chi connectivity index (χ3v) is 4.83. The molecule has 0 bridgehead atoms. The zero-order valence-corrected chi connectivity index (χ0v) is 16.9. The van der Waals surface area contributed by atoms with E-state index >= 15 is 0 Å². The molecule has 2 aromatic carbocycles. The van der Waals surface area contributed by atoms with Crippen molar-refractivity contribution in [2.45, 2.75) is 34.2 Å². The maximum Gasteiger partial charge on any atom is 0.274 e. The van der Waals surface area contributed by atoms with Gasteiger partial charge >= 0.3 is 0 Å². The van der Waals surface area contributed by atoms with Crippen molar-refractivity contribution in [2.24, 2.45) is 0 Å². The first-order chi connectivity index (χ1) is 13.5. The smallest absolute Gasteiger partial charge is 0.274 e. The first-order valence-corrected chi connectivity index (χ1v) is 9.50. The maximum absolute atomic E-state index is 12.8. The summed E-state index contributed by atoms with van der Waals surface area (Å²) in [5.74, 6) is 1.11. The lowest BCUT2D eigenvalue weighted by molar-refractivity contribution is 0.102. The highest BCUT2D eigenvalue weighted by Gasteiger charge is 2.15. The van der Waals surface area contributed by atoms with Crippen LogP contribution in [0, 0.1) is 20.8 Å². The van der Waals surface area contributed by atoms with Crippen LogP contribution in [0.25, 0.3) is 0 Å². The highest BCUT2D eigenvalue weighted by molar-refractivity contribution is 6.03. The SMILES string of the molecule is CCN(Cc1ccccc1)c1cc(C(=O)Nc2cccc(C)c2C)nc(C)n1. The highest BCUT2D eigenvalue weighted by atomic mass is 16.1. The number of carbonyl (C=O) groups is 1. The number of benzene rings is 2. The van der Waals surface area contributed by atoms with Crippen molar-refractivity contribution in [1.82, 2.24) is 9.97 Å². The van der Waals surface area contributed by atoms with Gasteiger partial charge in [-0.15, -0.1) is 0 Å². The van der Waals surface area contributed by atoms with Gasteiger partial charge in [0.25, 0.3) is 5.91 Å². The molecule has 0 aliphatic rings. The number of nitrogens with one attached hydrogen (secondary N) is 1. The minimum absolute atomic E-state index is 0.226. The minimum atomic E-state index is -0.226. The summed E-state index contributed by atoms with van der Waals surface area (Å²) in [6, 6.07) is 17.9. The summed E-state index contributed by atoms with van der Waals surface area (Å²) in [4.78, 5) is 23.9. The van der Waals surface area contributed by atoms with Crippen molar-refractivity contribution in [3.8, 4) is 0 Å². The third-order valence-electron chi connectivity index (χ3n) is 4.83. The second-order valence-corrected chi connectivity index (χ2v) is 6.86. The predicted molar refractivity (Wildman–Crippen MR) is 114 cm³/mol. The molecular weight excluding hydrogens is 348 g/mol. The fraction of sp³-hybridized carbons (Fsp3) is 0.261. The Hall–Kier alpha value is -3.21. The average Bonchev–Trinajstić information content (AvgIpc) is 2.70. The highest BCUT2D eigenvalue weighted by Crippen LogP contribution is 2.20. The zero-order chi connectivity index (χ0) is 20.1. The number of hydrogen-bond acceptors (Lipinski definition) is 4. The van der Waals surface area contributed by atoms with E-state index in [1.807, 2.05) is 57.2 Å². The Bertz CT molecular complexity index is 970. The number of rotatable bonds is 6. The van der Waals surface area contributed by atoms with Crippen molar-refractivity contribution in [2.75, 3.05) is 16.8 Å². The average molecular weight is 374 g/mol. The fourth-order valence-corrected chi connectivity index (χ4v) is 3.06. The number of hydrogen-bond donors (Lipinski definition) is 1. The lowest BCUT2D eigenvalue weighted by atomic mass is 10.1. The largest absolute Gasteiger partial charge is 0.352 e. The lowest BCUT2D eigenvalue weighted by Crippen LogP contribution is -2.25. The molecule has 1 aromatic heterocycles. The second-order valence-electron chi connectivity index (χ2n) is 6.86. The molecule has 1 heterocycles. The lowest BCUT2D eigenvalue weighted by Gasteiger charge is -2.23. The van der Waals surface area contributed by atoms with Crippen LogP contribution in [-0.4, -0.2) is 22.4 Å². The number of aryl methyl sites for hydroxylation is 2. The van der Waals surface area contributed by atoms with E-state index in [-0.39, 0.29) is 5.91 Å². The Morgan fingerprint density at radius 1 is 1.00 bits per heavy atom. The van der Waals surface area contributed by atoms with E-state index in [0.29, 0.717) is 11.5 Å². The summed E-state index contributed by atoms with van der Waals surface area (Å²) >= 11 is 0. The summed E-state index contributed by atoms with van der Waals surface area (Å²) in [6.07, 6.45) is 0. The van der Waals surface area contributed by atoms with E-state index in [1.165, 1.54) is 5.56 Å². The molecule has 5 heteroatoms. The molecule has 0 unspecified atom stereocenters. The molecule has 0 radical (unpaired) electrons. The molecule has 1 amide bonds. The first kappa shape index (κ1) is 19.5. The summed E-state index contributed by atoms with van der Waals surface area (Å²) in [5.41, 5.74) is 4.56. The molecule has 3 aromatic rings. The van der Waals surface area contributed by atoms with E-state index in [1.54, 1.807) is 6.07 Å². The van der Waals surface area contributed by atoms with Gasteiger partial charge in [-0.2, -0.15) is 0 Å². The number of anilines is 2. The maximum atomic E-state index is 12.8. The number of carbonyl (C=O) groups excluding carboxylic acids is 1. The van der Waals surface area contributed by atoms with Crippen LogP contribution < -0.4 is 10.2 Å².